The second-order valence-electron chi connectivity index (χ2n) is 5.96. The maximum absolute atomic E-state index is 12.2. The predicted molar refractivity (Wildman–Crippen MR) is 78.9 cm³/mol. The number of esters is 1. The molecule has 0 aromatic heterocycles. The van der Waals surface area contributed by atoms with Crippen molar-refractivity contribution in [3.05, 3.63) is 0 Å². The number of carbonyl (C=O) groups is 3. The van der Waals surface area contributed by atoms with E-state index in [0.717, 1.165) is 0 Å². The lowest BCUT2D eigenvalue weighted by atomic mass is 9.94. The van der Waals surface area contributed by atoms with Crippen LogP contribution in [0.1, 0.15) is 54.4 Å². The largest absolute Gasteiger partial charge is 0.466 e. The minimum absolute atomic E-state index is 0.0977. The van der Waals surface area contributed by atoms with E-state index in [0.29, 0.717) is 6.42 Å². The minimum atomic E-state index is -0.755. The molecule has 0 spiro atoms. The molecule has 6 nitrogen and oxygen atoms in total. The van der Waals surface area contributed by atoms with Gasteiger partial charge in [0.25, 0.3) is 0 Å². The van der Waals surface area contributed by atoms with E-state index in [9.17, 15) is 14.4 Å². The number of ketones is 1. The second kappa shape index (κ2) is 8.64. The zero-order valence-corrected chi connectivity index (χ0v) is 13.8. The Labute approximate surface area is 126 Å². The molecule has 1 N–H and O–H groups in total. The van der Waals surface area contributed by atoms with Crippen molar-refractivity contribution in [3.63, 3.8) is 0 Å². The Balaban J connectivity index is 4.76. The first-order chi connectivity index (χ1) is 9.60. The monoisotopic (exact) mass is 301 g/mol. The van der Waals surface area contributed by atoms with Crippen molar-refractivity contribution in [2.24, 2.45) is 5.92 Å². The number of ether oxygens (including phenoxy) is 2. The summed E-state index contributed by atoms with van der Waals surface area (Å²) < 4.78 is 9.90. The van der Waals surface area contributed by atoms with Gasteiger partial charge in [0.15, 0.2) is 5.78 Å². The third kappa shape index (κ3) is 8.32. The smallest absolute Gasteiger partial charge is 0.408 e. The molecule has 0 rings (SSSR count). The molecule has 1 amide bonds. The summed E-state index contributed by atoms with van der Waals surface area (Å²) in [5.41, 5.74) is -0.645. The molecule has 0 heterocycles. The first kappa shape index (κ1) is 19.4. The summed E-state index contributed by atoms with van der Waals surface area (Å²) in [6.07, 6.45) is -0.321. The minimum Gasteiger partial charge on any atom is -0.466 e. The van der Waals surface area contributed by atoms with Gasteiger partial charge in [0.1, 0.15) is 12.0 Å². The van der Waals surface area contributed by atoms with E-state index in [1.165, 1.54) is 0 Å². The van der Waals surface area contributed by atoms with Gasteiger partial charge in [-0.3, -0.25) is 9.59 Å². The molecular weight excluding hydrogens is 274 g/mol. The molecule has 2 atom stereocenters. The van der Waals surface area contributed by atoms with Crippen LogP contribution in [0.25, 0.3) is 0 Å². The number of rotatable bonds is 7. The van der Waals surface area contributed by atoms with E-state index in [-0.39, 0.29) is 24.7 Å². The van der Waals surface area contributed by atoms with Gasteiger partial charge in [0, 0.05) is 0 Å². The number of nitrogens with one attached hydrogen (secondary N) is 1. The molecule has 0 bridgehead atoms. The van der Waals surface area contributed by atoms with Crippen LogP contribution >= 0.6 is 0 Å². The van der Waals surface area contributed by atoms with E-state index < -0.39 is 23.7 Å². The molecule has 0 unspecified atom stereocenters. The summed E-state index contributed by atoms with van der Waals surface area (Å²) in [6, 6.07) is -0.755. The van der Waals surface area contributed by atoms with Crippen LogP contribution in [-0.4, -0.2) is 36.1 Å². The van der Waals surface area contributed by atoms with Gasteiger partial charge in [-0.05, 0) is 33.6 Å². The highest BCUT2D eigenvalue weighted by Gasteiger charge is 2.29. The third-order valence-electron chi connectivity index (χ3n) is 2.86. The second-order valence-corrected chi connectivity index (χ2v) is 5.96. The zero-order valence-electron chi connectivity index (χ0n) is 13.8. The summed E-state index contributed by atoms with van der Waals surface area (Å²) >= 11 is 0. The van der Waals surface area contributed by atoms with Gasteiger partial charge >= 0.3 is 12.1 Å². The summed E-state index contributed by atoms with van der Waals surface area (Å²) in [7, 11) is 0. The number of alkyl carbamates (subject to hydrolysis) is 1. The summed E-state index contributed by atoms with van der Waals surface area (Å²) in [6.45, 7) is 10.9. The van der Waals surface area contributed by atoms with Crippen molar-refractivity contribution in [2.45, 2.75) is 66.0 Å². The Bertz CT molecular complexity index is 373. The molecule has 0 aliphatic rings. The number of hydrogen-bond acceptors (Lipinski definition) is 5. The number of hydrogen-bond donors (Lipinski definition) is 1. The van der Waals surface area contributed by atoms with E-state index in [1.54, 1.807) is 27.7 Å². The lowest BCUT2D eigenvalue weighted by molar-refractivity contribution is -0.146. The van der Waals surface area contributed by atoms with E-state index in [1.807, 2.05) is 13.8 Å². The zero-order chi connectivity index (χ0) is 16.6. The van der Waals surface area contributed by atoms with Crippen LogP contribution in [0.5, 0.6) is 0 Å². The van der Waals surface area contributed by atoms with Crippen molar-refractivity contribution in [1.82, 2.24) is 5.32 Å². The number of amides is 1. The van der Waals surface area contributed by atoms with Gasteiger partial charge in [0.2, 0.25) is 0 Å². The highest BCUT2D eigenvalue weighted by Crippen LogP contribution is 2.13. The quantitative estimate of drug-likeness (QED) is 0.577. The molecule has 122 valence electrons. The van der Waals surface area contributed by atoms with Crippen molar-refractivity contribution in [3.8, 4) is 0 Å². The van der Waals surface area contributed by atoms with Gasteiger partial charge in [-0.1, -0.05) is 20.3 Å². The maximum atomic E-state index is 12.2. The highest BCUT2D eigenvalue weighted by atomic mass is 16.6. The molecule has 0 aliphatic heterocycles. The molecule has 0 aromatic carbocycles. The van der Waals surface area contributed by atoms with E-state index in [4.69, 9.17) is 9.47 Å². The Kier molecular flexibility index (Phi) is 7.99. The van der Waals surface area contributed by atoms with Gasteiger partial charge in [-0.2, -0.15) is 0 Å². The van der Waals surface area contributed by atoms with Crippen LogP contribution in [0.2, 0.25) is 0 Å². The normalized spacial score (nSPS) is 14.0. The lowest BCUT2D eigenvalue weighted by Crippen LogP contribution is -2.47. The highest BCUT2D eigenvalue weighted by molar-refractivity contribution is 5.99. The SMILES string of the molecule is CCOC(=O)CC(=O)[C@H](NC(=O)OC(C)(C)C)[C@@H](C)CC. The maximum Gasteiger partial charge on any atom is 0.408 e. The Morgan fingerprint density at radius 3 is 2.14 bits per heavy atom. The molecule has 0 aliphatic carbocycles. The van der Waals surface area contributed by atoms with Crippen LogP contribution in [0, 0.1) is 5.92 Å². The van der Waals surface area contributed by atoms with Crippen LogP contribution in [0.15, 0.2) is 0 Å². The standard InChI is InChI=1S/C15H27NO5/c1-7-10(3)13(11(17)9-12(18)20-8-2)16-14(19)21-15(4,5)6/h10,13H,7-9H2,1-6H3,(H,16,19)/t10-,13+/m0/s1. The van der Waals surface area contributed by atoms with Crippen LogP contribution in [0.3, 0.4) is 0 Å². The van der Waals surface area contributed by atoms with Gasteiger partial charge in [-0.15, -0.1) is 0 Å². The van der Waals surface area contributed by atoms with Crippen molar-refractivity contribution in [1.29, 1.82) is 0 Å². The Morgan fingerprint density at radius 2 is 1.71 bits per heavy atom. The fraction of sp³-hybridized carbons (Fsp3) is 0.800. The van der Waals surface area contributed by atoms with Gasteiger partial charge in [0.05, 0.1) is 12.6 Å². The first-order valence-electron chi connectivity index (χ1n) is 7.28. The van der Waals surface area contributed by atoms with Crippen molar-refractivity contribution < 1.29 is 23.9 Å². The van der Waals surface area contributed by atoms with E-state index >= 15 is 0 Å². The third-order valence-corrected chi connectivity index (χ3v) is 2.86. The average Bonchev–Trinajstić information content (AvgIpc) is 2.32. The van der Waals surface area contributed by atoms with Crippen LogP contribution < -0.4 is 5.32 Å². The molecule has 0 aromatic rings. The Morgan fingerprint density at radius 1 is 1.14 bits per heavy atom. The molecule has 0 radical (unpaired) electrons. The van der Waals surface area contributed by atoms with Gasteiger partial charge < -0.3 is 14.8 Å². The molecule has 21 heavy (non-hydrogen) atoms. The fourth-order valence-electron chi connectivity index (χ4n) is 1.67. The number of carbonyl (C=O) groups excluding carboxylic acids is 3. The molecular formula is C15H27NO5. The predicted octanol–water partition coefficient (Wildman–Crippen LogP) is 2.45. The molecule has 0 saturated heterocycles. The summed E-state index contributed by atoms with van der Waals surface area (Å²) in [4.78, 5) is 35.4. The van der Waals surface area contributed by atoms with Gasteiger partial charge in [-0.25, -0.2) is 4.79 Å². The number of Topliss-reactive ketones (excluding diaryl/α,β-unsaturated/α-hetero) is 1. The summed E-state index contributed by atoms with van der Waals surface area (Å²) in [5.74, 6) is -1.05. The lowest BCUT2D eigenvalue weighted by Gasteiger charge is -2.25. The van der Waals surface area contributed by atoms with Crippen LogP contribution in [-0.2, 0) is 19.1 Å². The van der Waals surface area contributed by atoms with Crippen LogP contribution in [0.4, 0.5) is 4.79 Å². The molecule has 6 heteroatoms. The van der Waals surface area contributed by atoms with Crippen molar-refractivity contribution in [2.75, 3.05) is 6.61 Å². The topological polar surface area (TPSA) is 81.7 Å². The molecule has 0 fully saturated rings. The average molecular weight is 301 g/mol. The first-order valence-corrected chi connectivity index (χ1v) is 7.28. The fourth-order valence-corrected chi connectivity index (χ4v) is 1.67. The van der Waals surface area contributed by atoms with E-state index in [2.05, 4.69) is 5.32 Å². The molecule has 0 saturated carbocycles. The van der Waals surface area contributed by atoms with Crippen molar-refractivity contribution >= 4 is 17.8 Å². The summed E-state index contributed by atoms with van der Waals surface area (Å²) in [5, 5.41) is 2.55. The Hall–Kier alpha value is -1.59.